The van der Waals surface area contributed by atoms with Crippen molar-refractivity contribution in [3.8, 4) is 0 Å². The molecule has 1 atom stereocenters. The summed E-state index contributed by atoms with van der Waals surface area (Å²) in [6.07, 6.45) is 3.95. The van der Waals surface area contributed by atoms with Gasteiger partial charge in [0, 0.05) is 25.4 Å². The minimum Gasteiger partial charge on any atom is -0.379 e. The molecule has 118 valence electrons. The predicted octanol–water partition coefficient (Wildman–Crippen LogP) is 3.99. The third kappa shape index (κ3) is 4.52. The molecular weight excluding hydrogens is 286 g/mol. The SMILES string of the molecule is CCCNc1cccc(N(C)C(CC)CSC)c1[N+](=O)[O-]. The Kier molecular flexibility index (Phi) is 7.36. The van der Waals surface area contributed by atoms with E-state index >= 15 is 0 Å². The molecule has 1 aromatic carbocycles. The third-order valence-corrected chi connectivity index (χ3v) is 4.24. The van der Waals surface area contributed by atoms with Gasteiger partial charge in [-0.3, -0.25) is 10.1 Å². The van der Waals surface area contributed by atoms with Gasteiger partial charge in [0.05, 0.1) is 4.92 Å². The van der Waals surface area contributed by atoms with Crippen molar-refractivity contribution in [1.29, 1.82) is 0 Å². The van der Waals surface area contributed by atoms with Gasteiger partial charge in [0.25, 0.3) is 0 Å². The maximum atomic E-state index is 11.5. The predicted molar refractivity (Wildman–Crippen MR) is 92.7 cm³/mol. The van der Waals surface area contributed by atoms with Crippen LogP contribution in [0, 0.1) is 10.1 Å². The minimum absolute atomic E-state index is 0.174. The van der Waals surface area contributed by atoms with Gasteiger partial charge in [-0.25, -0.2) is 0 Å². The molecule has 0 aliphatic rings. The van der Waals surface area contributed by atoms with Gasteiger partial charge < -0.3 is 10.2 Å². The van der Waals surface area contributed by atoms with Crippen molar-refractivity contribution in [2.45, 2.75) is 32.7 Å². The van der Waals surface area contributed by atoms with Crippen LogP contribution in [0.4, 0.5) is 17.1 Å². The van der Waals surface area contributed by atoms with Crippen LogP contribution in [0.5, 0.6) is 0 Å². The van der Waals surface area contributed by atoms with Crippen LogP contribution in [0.3, 0.4) is 0 Å². The van der Waals surface area contributed by atoms with E-state index in [-0.39, 0.29) is 10.6 Å². The number of nitrogens with zero attached hydrogens (tertiary/aromatic N) is 2. The number of anilines is 2. The first-order valence-corrected chi connectivity index (χ1v) is 8.69. The summed E-state index contributed by atoms with van der Waals surface area (Å²) >= 11 is 1.76. The van der Waals surface area contributed by atoms with Gasteiger partial charge in [0.15, 0.2) is 0 Å². The van der Waals surface area contributed by atoms with E-state index in [4.69, 9.17) is 0 Å². The molecule has 1 rings (SSSR count). The molecule has 1 unspecified atom stereocenters. The molecule has 5 nitrogen and oxygen atoms in total. The minimum atomic E-state index is -0.282. The number of rotatable bonds is 9. The zero-order chi connectivity index (χ0) is 15.8. The molecule has 21 heavy (non-hydrogen) atoms. The first-order valence-electron chi connectivity index (χ1n) is 7.29. The van der Waals surface area contributed by atoms with Crippen molar-refractivity contribution in [3.63, 3.8) is 0 Å². The molecule has 0 amide bonds. The van der Waals surface area contributed by atoms with Crippen molar-refractivity contribution >= 4 is 28.8 Å². The second kappa shape index (κ2) is 8.77. The van der Waals surface area contributed by atoms with Crippen molar-refractivity contribution in [2.24, 2.45) is 0 Å². The molecule has 0 fully saturated rings. The molecule has 0 saturated heterocycles. The van der Waals surface area contributed by atoms with Gasteiger partial charge in [0.2, 0.25) is 0 Å². The summed E-state index contributed by atoms with van der Waals surface area (Å²) in [6, 6.07) is 5.78. The van der Waals surface area contributed by atoms with Gasteiger partial charge >= 0.3 is 5.69 Å². The first kappa shape index (κ1) is 17.6. The highest BCUT2D eigenvalue weighted by molar-refractivity contribution is 7.98. The van der Waals surface area contributed by atoms with Crippen molar-refractivity contribution in [1.82, 2.24) is 0 Å². The largest absolute Gasteiger partial charge is 0.379 e. The fourth-order valence-electron chi connectivity index (χ4n) is 2.30. The van der Waals surface area contributed by atoms with E-state index in [0.717, 1.165) is 25.1 Å². The second-order valence-corrected chi connectivity index (χ2v) is 5.90. The van der Waals surface area contributed by atoms with Crippen LogP contribution in [-0.2, 0) is 0 Å². The molecule has 0 aromatic heterocycles. The summed E-state index contributed by atoms with van der Waals surface area (Å²) < 4.78 is 0. The molecule has 0 aliphatic heterocycles. The lowest BCUT2D eigenvalue weighted by atomic mass is 10.1. The standard InChI is InChI=1S/C15H25N3O2S/c1-5-10-16-13-8-7-9-14(15(13)18(19)20)17(3)12(6-2)11-21-4/h7-9,12,16H,5-6,10-11H2,1-4H3. The maximum Gasteiger partial charge on any atom is 0.315 e. The number of thioether (sulfide) groups is 1. The molecule has 1 N–H and O–H groups in total. The van der Waals surface area contributed by atoms with E-state index in [1.807, 2.05) is 31.0 Å². The van der Waals surface area contributed by atoms with E-state index in [2.05, 4.69) is 18.5 Å². The van der Waals surface area contributed by atoms with Gasteiger partial charge in [-0.05, 0) is 31.2 Å². The van der Waals surface area contributed by atoms with Gasteiger partial charge in [-0.1, -0.05) is 19.9 Å². The average molecular weight is 311 g/mol. The van der Waals surface area contributed by atoms with Crippen LogP contribution in [-0.4, -0.2) is 36.6 Å². The molecule has 0 radical (unpaired) electrons. The summed E-state index contributed by atoms with van der Waals surface area (Å²) in [7, 11) is 1.94. The van der Waals surface area contributed by atoms with Crippen molar-refractivity contribution < 1.29 is 4.92 Å². The Morgan fingerprint density at radius 2 is 2.14 bits per heavy atom. The van der Waals surface area contributed by atoms with Crippen molar-refractivity contribution in [2.75, 3.05) is 35.8 Å². The van der Waals surface area contributed by atoms with Crippen LogP contribution in [0.15, 0.2) is 18.2 Å². The number of benzene rings is 1. The van der Waals surface area contributed by atoms with Crippen LogP contribution in [0.2, 0.25) is 0 Å². The van der Waals surface area contributed by atoms with Gasteiger partial charge in [-0.15, -0.1) is 0 Å². The fourth-order valence-corrected chi connectivity index (χ4v) is 3.15. The average Bonchev–Trinajstić information content (AvgIpc) is 2.49. The van der Waals surface area contributed by atoms with Crippen LogP contribution in [0.1, 0.15) is 26.7 Å². The summed E-state index contributed by atoms with van der Waals surface area (Å²) in [5.41, 5.74) is 1.46. The van der Waals surface area contributed by atoms with E-state index < -0.39 is 0 Å². The highest BCUT2D eigenvalue weighted by Gasteiger charge is 2.25. The molecule has 0 heterocycles. The van der Waals surface area contributed by atoms with Crippen LogP contribution >= 0.6 is 11.8 Å². The Balaban J connectivity index is 3.18. The summed E-state index contributed by atoms with van der Waals surface area (Å²) in [6.45, 7) is 4.89. The Labute approximate surface area is 131 Å². The zero-order valence-electron chi connectivity index (χ0n) is 13.3. The van der Waals surface area contributed by atoms with Crippen molar-refractivity contribution in [3.05, 3.63) is 28.3 Å². The molecule has 1 aromatic rings. The molecule has 0 bridgehead atoms. The Morgan fingerprint density at radius 1 is 1.43 bits per heavy atom. The Hall–Kier alpha value is -1.43. The summed E-state index contributed by atoms with van der Waals surface area (Å²) in [5, 5.41) is 14.7. The number of para-hydroxylation sites is 1. The first-order chi connectivity index (χ1) is 10.1. The molecular formula is C15H25N3O2S. The smallest absolute Gasteiger partial charge is 0.315 e. The molecule has 0 spiro atoms. The monoisotopic (exact) mass is 311 g/mol. The quantitative estimate of drug-likeness (QED) is 0.552. The molecule has 6 heteroatoms. The van der Waals surface area contributed by atoms with Gasteiger partial charge in [-0.2, -0.15) is 11.8 Å². The van der Waals surface area contributed by atoms with E-state index in [0.29, 0.717) is 17.4 Å². The normalized spacial score (nSPS) is 12.0. The zero-order valence-corrected chi connectivity index (χ0v) is 14.1. The summed E-state index contributed by atoms with van der Waals surface area (Å²) in [4.78, 5) is 13.3. The molecule has 0 aliphatic carbocycles. The lowest BCUT2D eigenvalue weighted by molar-refractivity contribution is -0.383. The maximum absolute atomic E-state index is 11.5. The van der Waals surface area contributed by atoms with E-state index in [9.17, 15) is 10.1 Å². The number of nitrogens with one attached hydrogen (secondary N) is 1. The number of hydrogen-bond acceptors (Lipinski definition) is 5. The number of nitro benzene ring substituents is 1. The topological polar surface area (TPSA) is 58.4 Å². The lowest BCUT2D eigenvalue weighted by Gasteiger charge is -2.29. The summed E-state index contributed by atoms with van der Waals surface area (Å²) in [5.74, 6) is 0.955. The Morgan fingerprint density at radius 3 is 2.67 bits per heavy atom. The molecule has 0 saturated carbocycles. The van der Waals surface area contributed by atoms with E-state index in [1.165, 1.54) is 0 Å². The highest BCUT2D eigenvalue weighted by Crippen LogP contribution is 2.36. The van der Waals surface area contributed by atoms with E-state index in [1.54, 1.807) is 17.8 Å². The second-order valence-electron chi connectivity index (χ2n) is 4.99. The highest BCUT2D eigenvalue weighted by atomic mass is 32.2. The lowest BCUT2D eigenvalue weighted by Crippen LogP contribution is -2.33. The fraction of sp³-hybridized carbons (Fsp3) is 0.600. The number of hydrogen-bond donors (Lipinski definition) is 1. The third-order valence-electron chi connectivity index (χ3n) is 3.52. The van der Waals surface area contributed by atoms with Crippen LogP contribution < -0.4 is 10.2 Å². The van der Waals surface area contributed by atoms with Gasteiger partial charge in [0.1, 0.15) is 11.4 Å². The Bertz CT molecular complexity index is 468. The van der Waals surface area contributed by atoms with Crippen LogP contribution in [0.25, 0.3) is 0 Å². The number of nitro groups is 1.